The molecule has 0 amide bonds. The Morgan fingerprint density at radius 1 is 1.20 bits per heavy atom. The summed E-state index contributed by atoms with van der Waals surface area (Å²) < 4.78 is 5.17. The second kappa shape index (κ2) is 6.11. The highest BCUT2D eigenvalue weighted by molar-refractivity contribution is 5.80. The number of nitrogens with one attached hydrogen (secondary N) is 1. The Kier molecular flexibility index (Phi) is 5.09. The first-order chi connectivity index (χ1) is 7.25. The van der Waals surface area contributed by atoms with Crippen LogP contribution in [0.3, 0.4) is 0 Å². The zero-order chi connectivity index (χ0) is 11.1. The number of likely N-dealkylation sites (N-methyl/N-ethyl adjacent to an activating group) is 1. The standard InChI is InChI=1S/C12H23NO2/c1-3-15-11(14)12(13-2)9-7-5-4-6-8-10-12/h13H,3-10H2,1-2H3. The van der Waals surface area contributed by atoms with Gasteiger partial charge in [-0.3, -0.25) is 4.79 Å². The van der Waals surface area contributed by atoms with Crippen molar-refractivity contribution in [2.45, 2.75) is 57.4 Å². The first-order valence-electron chi connectivity index (χ1n) is 6.11. The molecule has 3 heteroatoms. The van der Waals surface area contributed by atoms with E-state index in [0.29, 0.717) is 6.61 Å². The fraction of sp³-hybridized carbons (Fsp3) is 0.917. The molecule has 1 fully saturated rings. The van der Waals surface area contributed by atoms with E-state index in [9.17, 15) is 4.79 Å². The van der Waals surface area contributed by atoms with E-state index in [0.717, 1.165) is 25.7 Å². The number of ether oxygens (including phenoxy) is 1. The third kappa shape index (κ3) is 3.20. The van der Waals surface area contributed by atoms with E-state index in [1.807, 2.05) is 14.0 Å². The third-order valence-corrected chi connectivity index (χ3v) is 3.35. The van der Waals surface area contributed by atoms with E-state index >= 15 is 0 Å². The Hall–Kier alpha value is -0.570. The molecular weight excluding hydrogens is 190 g/mol. The Labute approximate surface area is 92.6 Å². The van der Waals surface area contributed by atoms with Crippen LogP contribution in [0.2, 0.25) is 0 Å². The minimum absolute atomic E-state index is 0.0607. The van der Waals surface area contributed by atoms with Crippen molar-refractivity contribution in [1.82, 2.24) is 5.32 Å². The van der Waals surface area contributed by atoms with Crippen LogP contribution in [0.1, 0.15) is 51.9 Å². The molecule has 15 heavy (non-hydrogen) atoms. The molecule has 0 saturated heterocycles. The van der Waals surface area contributed by atoms with Gasteiger partial charge in [0, 0.05) is 0 Å². The highest BCUT2D eigenvalue weighted by Crippen LogP contribution is 2.27. The first-order valence-corrected chi connectivity index (χ1v) is 6.11. The lowest BCUT2D eigenvalue weighted by molar-refractivity contribution is -0.152. The lowest BCUT2D eigenvalue weighted by Gasteiger charge is -2.32. The van der Waals surface area contributed by atoms with Crippen LogP contribution in [0.5, 0.6) is 0 Å². The smallest absolute Gasteiger partial charge is 0.326 e. The van der Waals surface area contributed by atoms with Gasteiger partial charge in [0.25, 0.3) is 0 Å². The van der Waals surface area contributed by atoms with Crippen LogP contribution in [0.25, 0.3) is 0 Å². The van der Waals surface area contributed by atoms with Crippen LogP contribution in [-0.4, -0.2) is 25.2 Å². The molecule has 0 unspecified atom stereocenters. The van der Waals surface area contributed by atoms with Crippen molar-refractivity contribution >= 4 is 5.97 Å². The van der Waals surface area contributed by atoms with Crippen molar-refractivity contribution in [3.8, 4) is 0 Å². The number of carbonyl (C=O) groups excluding carboxylic acids is 1. The molecule has 1 rings (SSSR count). The Bertz CT molecular complexity index is 196. The molecule has 88 valence electrons. The Morgan fingerprint density at radius 3 is 2.20 bits per heavy atom. The number of esters is 1. The molecule has 0 aromatic carbocycles. The van der Waals surface area contributed by atoms with Crippen LogP contribution in [0.4, 0.5) is 0 Å². The topological polar surface area (TPSA) is 38.3 Å². The molecule has 0 aromatic rings. The molecule has 0 radical (unpaired) electrons. The van der Waals surface area contributed by atoms with Crippen LogP contribution in [0, 0.1) is 0 Å². The molecule has 1 aliphatic rings. The molecule has 1 N–H and O–H groups in total. The van der Waals surface area contributed by atoms with Gasteiger partial charge in [0.1, 0.15) is 5.54 Å². The molecular formula is C12H23NO2. The lowest BCUT2D eigenvalue weighted by Crippen LogP contribution is -2.51. The van der Waals surface area contributed by atoms with Gasteiger partial charge in [0.15, 0.2) is 0 Å². The molecule has 3 nitrogen and oxygen atoms in total. The average molecular weight is 213 g/mol. The van der Waals surface area contributed by atoms with E-state index in [4.69, 9.17) is 4.74 Å². The molecule has 0 bridgehead atoms. The maximum absolute atomic E-state index is 11.9. The van der Waals surface area contributed by atoms with Crippen LogP contribution < -0.4 is 5.32 Å². The van der Waals surface area contributed by atoms with E-state index < -0.39 is 5.54 Å². The SMILES string of the molecule is CCOC(=O)C1(NC)CCCCCCC1. The van der Waals surface area contributed by atoms with E-state index in [2.05, 4.69) is 5.32 Å². The van der Waals surface area contributed by atoms with Gasteiger partial charge in [-0.15, -0.1) is 0 Å². The molecule has 0 atom stereocenters. The molecule has 0 aromatic heterocycles. The zero-order valence-electron chi connectivity index (χ0n) is 9.97. The fourth-order valence-corrected chi connectivity index (χ4v) is 2.33. The van der Waals surface area contributed by atoms with Crippen molar-refractivity contribution < 1.29 is 9.53 Å². The molecule has 0 heterocycles. The Balaban J connectivity index is 2.65. The summed E-state index contributed by atoms with van der Waals surface area (Å²) in [4.78, 5) is 11.9. The predicted octanol–water partition coefficient (Wildman–Crippen LogP) is 2.25. The minimum atomic E-state index is -0.406. The van der Waals surface area contributed by atoms with Crippen LogP contribution in [-0.2, 0) is 9.53 Å². The predicted molar refractivity (Wildman–Crippen MR) is 60.7 cm³/mol. The van der Waals surface area contributed by atoms with Gasteiger partial charge in [0.05, 0.1) is 6.61 Å². The quantitative estimate of drug-likeness (QED) is 0.731. The van der Waals surface area contributed by atoms with Crippen LogP contribution >= 0.6 is 0 Å². The molecule has 1 saturated carbocycles. The van der Waals surface area contributed by atoms with Crippen molar-refractivity contribution in [2.24, 2.45) is 0 Å². The van der Waals surface area contributed by atoms with E-state index in [1.165, 1.54) is 19.3 Å². The number of hydrogen-bond donors (Lipinski definition) is 1. The maximum Gasteiger partial charge on any atom is 0.326 e. The molecule has 1 aliphatic carbocycles. The third-order valence-electron chi connectivity index (χ3n) is 3.35. The molecule has 0 aliphatic heterocycles. The first kappa shape index (κ1) is 12.5. The zero-order valence-corrected chi connectivity index (χ0v) is 9.97. The maximum atomic E-state index is 11.9. The van der Waals surface area contributed by atoms with Gasteiger partial charge in [-0.2, -0.15) is 0 Å². The number of rotatable bonds is 3. The summed E-state index contributed by atoms with van der Waals surface area (Å²) in [6.45, 7) is 2.34. The summed E-state index contributed by atoms with van der Waals surface area (Å²) in [5.41, 5.74) is -0.406. The normalized spacial score (nSPS) is 21.5. The van der Waals surface area contributed by atoms with Crippen molar-refractivity contribution in [3.63, 3.8) is 0 Å². The largest absolute Gasteiger partial charge is 0.465 e. The highest BCUT2D eigenvalue weighted by atomic mass is 16.5. The minimum Gasteiger partial charge on any atom is -0.465 e. The van der Waals surface area contributed by atoms with Gasteiger partial charge in [-0.05, 0) is 26.8 Å². The highest BCUT2D eigenvalue weighted by Gasteiger charge is 2.37. The second-order valence-electron chi connectivity index (χ2n) is 4.32. The van der Waals surface area contributed by atoms with Crippen molar-refractivity contribution in [1.29, 1.82) is 0 Å². The van der Waals surface area contributed by atoms with Gasteiger partial charge >= 0.3 is 5.97 Å². The summed E-state index contributed by atoms with van der Waals surface area (Å²) in [6, 6.07) is 0. The van der Waals surface area contributed by atoms with Gasteiger partial charge in [0.2, 0.25) is 0 Å². The van der Waals surface area contributed by atoms with Gasteiger partial charge < -0.3 is 10.1 Å². The fourth-order valence-electron chi connectivity index (χ4n) is 2.33. The number of hydrogen-bond acceptors (Lipinski definition) is 3. The van der Waals surface area contributed by atoms with Gasteiger partial charge in [-0.25, -0.2) is 0 Å². The second-order valence-corrected chi connectivity index (χ2v) is 4.32. The summed E-state index contributed by atoms with van der Waals surface area (Å²) in [5, 5.41) is 3.20. The van der Waals surface area contributed by atoms with Crippen LogP contribution in [0.15, 0.2) is 0 Å². The van der Waals surface area contributed by atoms with Crippen molar-refractivity contribution in [2.75, 3.05) is 13.7 Å². The van der Waals surface area contributed by atoms with Gasteiger partial charge in [-0.1, -0.05) is 32.1 Å². The lowest BCUT2D eigenvalue weighted by atomic mass is 9.84. The summed E-state index contributed by atoms with van der Waals surface area (Å²) in [5.74, 6) is -0.0607. The summed E-state index contributed by atoms with van der Waals surface area (Å²) >= 11 is 0. The number of carbonyl (C=O) groups is 1. The van der Waals surface area contributed by atoms with E-state index in [1.54, 1.807) is 0 Å². The summed E-state index contributed by atoms with van der Waals surface area (Å²) in [6.07, 6.45) is 7.87. The summed E-state index contributed by atoms with van der Waals surface area (Å²) in [7, 11) is 1.87. The molecule has 0 spiro atoms. The Morgan fingerprint density at radius 2 is 1.73 bits per heavy atom. The van der Waals surface area contributed by atoms with E-state index in [-0.39, 0.29) is 5.97 Å². The van der Waals surface area contributed by atoms with Crippen molar-refractivity contribution in [3.05, 3.63) is 0 Å². The monoisotopic (exact) mass is 213 g/mol. The average Bonchev–Trinajstić information content (AvgIpc) is 2.18.